The van der Waals surface area contributed by atoms with Crippen molar-refractivity contribution < 1.29 is 33.2 Å². The summed E-state index contributed by atoms with van der Waals surface area (Å²) in [5.74, 6) is 1.83. The van der Waals surface area contributed by atoms with Crippen molar-refractivity contribution in [3.05, 3.63) is 0 Å². The van der Waals surface area contributed by atoms with Crippen LogP contribution in [0.1, 0.15) is 25.7 Å². The molecule has 24 heavy (non-hydrogen) atoms. The first-order valence-electron chi connectivity index (χ1n) is 9.16. The van der Waals surface area contributed by atoms with E-state index in [2.05, 4.69) is 0 Å². The zero-order valence-corrected chi connectivity index (χ0v) is 13.4. The van der Waals surface area contributed by atoms with Crippen molar-refractivity contribution in [3.63, 3.8) is 0 Å². The Balaban J connectivity index is 1.09. The second-order valence-corrected chi connectivity index (χ2v) is 8.11. The van der Waals surface area contributed by atoms with Crippen molar-refractivity contribution in [3.8, 4) is 0 Å². The van der Waals surface area contributed by atoms with Crippen LogP contribution in [0.4, 0.5) is 4.79 Å². The summed E-state index contributed by atoms with van der Waals surface area (Å²) in [5, 5.41) is 0. The summed E-state index contributed by atoms with van der Waals surface area (Å²) in [7, 11) is 0. The van der Waals surface area contributed by atoms with Crippen molar-refractivity contribution in [1.29, 1.82) is 0 Å². The lowest BCUT2D eigenvalue weighted by atomic mass is 9.80. The summed E-state index contributed by atoms with van der Waals surface area (Å²) in [6.45, 7) is 1.42. The van der Waals surface area contributed by atoms with Gasteiger partial charge in [-0.15, -0.1) is 0 Å². The number of carbonyl (C=O) groups excluding carboxylic acids is 1. The number of rotatable bonds is 2. The molecule has 0 aromatic rings. The number of hydrogen-bond acceptors (Lipinski definition) is 7. The van der Waals surface area contributed by atoms with Crippen molar-refractivity contribution in [1.82, 2.24) is 0 Å². The first-order valence-corrected chi connectivity index (χ1v) is 9.16. The molecule has 2 aliphatic carbocycles. The molecule has 0 N–H and O–H groups in total. The number of hydrogen-bond donors (Lipinski definition) is 0. The van der Waals surface area contributed by atoms with E-state index in [4.69, 9.17) is 28.4 Å². The van der Waals surface area contributed by atoms with Crippen LogP contribution < -0.4 is 0 Å². The van der Waals surface area contributed by atoms with Crippen molar-refractivity contribution >= 4 is 6.16 Å². The molecule has 0 radical (unpaired) electrons. The van der Waals surface area contributed by atoms with Crippen LogP contribution in [-0.4, -0.2) is 56.4 Å². The summed E-state index contributed by atoms with van der Waals surface area (Å²) >= 11 is 0. The number of fused-ring (bicyclic) bond motifs is 2. The third kappa shape index (κ3) is 2.01. The maximum atomic E-state index is 12.3. The summed E-state index contributed by atoms with van der Waals surface area (Å²) in [5.41, 5.74) is 0. The molecule has 2 saturated carbocycles. The Hall–Kier alpha value is -0.890. The fraction of sp³-hybridized carbons (Fsp3) is 0.941. The second kappa shape index (κ2) is 5.06. The smallest absolute Gasteiger partial charge is 0.428 e. The Bertz CT molecular complexity index is 503. The van der Waals surface area contributed by atoms with Crippen LogP contribution in [0.5, 0.6) is 0 Å². The predicted octanol–water partition coefficient (Wildman–Crippen LogP) is 1.44. The molecule has 0 amide bonds. The van der Waals surface area contributed by atoms with Crippen LogP contribution in [0.2, 0.25) is 0 Å². The molecule has 4 heterocycles. The first kappa shape index (κ1) is 14.3. The zero-order chi connectivity index (χ0) is 15.8. The van der Waals surface area contributed by atoms with Gasteiger partial charge in [0.15, 0.2) is 12.6 Å². The zero-order valence-electron chi connectivity index (χ0n) is 13.4. The molecule has 0 aromatic carbocycles. The van der Waals surface area contributed by atoms with Gasteiger partial charge in [-0.1, -0.05) is 0 Å². The quantitative estimate of drug-likeness (QED) is 0.706. The van der Waals surface area contributed by atoms with Gasteiger partial charge in [0, 0.05) is 11.8 Å². The minimum absolute atomic E-state index is 0.0491. The van der Waals surface area contributed by atoms with E-state index in [0.717, 1.165) is 25.7 Å². The summed E-state index contributed by atoms with van der Waals surface area (Å²) in [6.07, 6.45) is 2.17. The minimum Gasteiger partial charge on any atom is -0.428 e. The first-order chi connectivity index (χ1) is 11.7. The van der Waals surface area contributed by atoms with Gasteiger partial charge < -0.3 is 28.4 Å². The van der Waals surface area contributed by atoms with E-state index in [-0.39, 0.29) is 37.0 Å². The van der Waals surface area contributed by atoms with Gasteiger partial charge in [-0.05, 0) is 37.5 Å². The highest BCUT2D eigenvalue weighted by Crippen LogP contribution is 2.49. The number of ether oxygens (including phenoxy) is 6. The SMILES string of the molecule is O=C(OC1C[C@@H]2CO[C@@H]3OC1C[C@H]23)OC1C[C@@H]2CO[C@@H]3OC1C[C@H]23. The third-order valence-corrected chi connectivity index (χ3v) is 6.88. The van der Waals surface area contributed by atoms with E-state index in [1.165, 1.54) is 0 Å². The van der Waals surface area contributed by atoms with Gasteiger partial charge in [0.2, 0.25) is 0 Å². The molecule has 0 spiro atoms. The summed E-state index contributed by atoms with van der Waals surface area (Å²) in [4.78, 5) is 12.3. The molecule has 132 valence electrons. The lowest BCUT2D eigenvalue weighted by molar-refractivity contribution is -0.165. The molecule has 0 aromatic heterocycles. The third-order valence-electron chi connectivity index (χ3n) is 6.88. The molecular formula is C17H22O7. The normalized spacial score (nSPS) is 56.5. The average molecular weight is 338 g/mol. The Morgan fingerprint density at radius 1 is 0.750 bits per heavy atom. The molecular weight excluding hydrogens is 316 g/mol. The molecule has 6 aliphatic rings. The standard InChI is InChI=1S/C17H22O7/c18-17(23-11-1-7-5-19-15-9(7)3-13(11)21-15)24-12-2-8-6-20-16-10(8)4-14(12)22-16/h7-16H,1-6H2/t7-,8-,9-,10-,11?,12?,13?,14?,15-,16-/m1/s1. The van der Waals surface area contributed by atoms with E-state index in [1.54, 1.807) is 0 Å². The van der Waals surface area contributed by atoms with Gasteiger partial charge in [0.1, 0.15) is 12.2 Å². The van der Waals surface area contributed by atoms with E-state index >= 15 is 0 Å². The molecule has 4 unspecified atom stereocenters. The Kier molecular flexibility index (Phi) is 3.02. The monoisotopic (exact) mass is 338 g/mol. The summed E-state index contributed by atoms with van der Waals surface area (Å²) in [6, 6.07) is 0. The van der Waals surface area contributed by atoms with Gasteiger partial charge in [-0.2, -0.15) is 0 Å². The maximum Gasteiger partial charge on any atom is 0.509 e. The van der Waals surface area contributed by atoms with Gasteiger partial charge >= 0.3 is 6.16 Å². The summed E-state index contributed by atoms with van der Waals surface area (Å²) < 4.78 is 34.3. The molecule has 4 saturated heterocycles. The molecule has 4 aliphatic heterocycles. The van der Waals surface area contributed by atoms with Crippen molar-refractivity contribution in [2.75, 3.05) is 13.2 Å². The molecule has 6 fully saturated rings. The fourth-order valence-electron chi connectivity index (χ4n) is 5.64. The lowest BCUT2D eigenvalue weighted by Crippen LogP contribution is -2.41. The highest BCUT2D eigenvalue weighted by molar-refractivity contribution is 5.60. The van der Waals surface area contributed by atoms with Crippen LogP contribution in [0.15, 0.2) is 0 Å². The van der Waals surface area contributed by atoms with E-state index in [9.17, 15) is 4.79 Å². The van der Waals surface area contributed by atoms with Crippen LogP contribution >= 0.6 is 0 Å². The Morgan fingerprint density at radius 2 is 1.25 bits per heavy atom. The van der Waals surface area contributed by atoms with E-state index in [1.807, 2.05) is 0 Å². The molecule has 6 rings (SSSR count). The van der Waals surface area contributed by atoms with Gasteiger partial charge in [-0.25, -0.2) is 4.79 Å². The fourth-order valence-corrected chi connectivity index (χ4v) is 5.64. The van der Waals surface area contributed by atoms with Crippen LogP contribution in [-0.2, 0) is 28.4 Å². The second-order valence-electron chi connectivity index (χ2n) is 8.11. The van der Waals surface area contributed by atoms with Crippen molar-refractivity contribution in [2.45, 2.75) is 62.7 Å². The van der Waals surface area contributed by atoms with Gasteiger partial charge in [-0.3, -0.25) is 0 Å². The van der Waals surface area contributed by atoms with Crippen LogP contribution in [0.25, 0.3) is 0 Å². The van der Waals surface area contributed by atoms with E-state index in [0.29, 0.717) is 36.9 Å². The average Bonchev–Trinajstić information content (AvgIpc) is 3.24. The molecule has 7 nitrogen and oxygen atoms in total. The minimum atomic E-state index is -0.582. The van der Waals surface area contributed by atoms with Crippen LogP contribution in [0.3, 0.4) is 0 Å². The van der Waals surface area contributed by atoms with Gasteiger partial charge in [0.25, 0.3) is 0 Å². The largest absolute Gasteiger partial charge is 0.509 e. The molecule has 10 atom stereocenters. The molecule has 4 bridgehead atoms. The lowest BCUT2D eigenvalue weighted by Gasteiger charge is -2.33. The highest BCUT2D eigenvalue weighted by Gasteiger charge is 2.56. The van der Waals surface area contributed by atoms with Gasteiger partial charge in [0.05, 0.1) is 25.4 Å². The topological polar surface area (TPSA) is 72.5 Å². The highest BCUT2D eigenvalue weighted by atomic mass is 16.8. The Morgan fingerprint density at radius 3 is 1.75 bits per heavy atom. The van der Waals surface area contributed by atoms with Crippen LogP contribution in [0, 0.1) is 23.7 Å². The van der Waals surface area contributed by atoms with Crippen molar-refractivity contribution in [2.24, 2.45) is 23.7 Å². The Labute approximate surface area is 139 Å². The predicted molar refractivity (Wildman–Crippen MR) is 76.8 cm³/mol. The number of carbonyl (C=O) groups is 1. The molecule has 7 heteroatoms. The maximum absolute atomic E-state index is 12.3. The van der Waals surface area contributed by atoms with E-state index < -0.39 is 6.16 Å².